The molecular weight excluding hydrogens is 581 g/mol. The molecule has 0 spiro atoms. The Morgan fingerprint density at radius 1 is 0.457 bits per heavy atom. The highest BCUT2D eigenvalue weighted by molar-refractivity contribution is 5.88. The van der Waals surface area contributed by atoms with Crippen molar-refractivity contribution in [1.29, 1.82) is 0 Å². The van der Waals surface area contributed by atoms with Crippen molar-refractivity contribution in [1.82, 2.24) is 0 Å². The van der Waals surface area contributed by atoms with Gasteiger partial charge in [-0.3, -0.25) is 0 Å². The van der Waals surface area contributed by atoms with Gasteiger partial charge >= 0.3 is 6.18 Å². The average molecular weight is 625 g/mol. The Bertz CT molecular complexity index is 1770. The molecule has 0 aliphatic carbocycles. The summed E-state index contributed by atoms with van der Waals surface area (Å²) < 4.78 is 43.4. The second-order valence-electron chi connectivity index (χ2n) is 14.5. The number of para-hydroxylation sites is 2. The maximum absolute atomic E-state index is 14.5. The van der Waals surface area contributed by atoms with Crippen molar-refractivity contribution < 1.29 is 13.2 Å². The van der Waals surface area contributed by atoms with Crippen molar-refractivity contribution in [3.05, 3.63) is 119 Å². The maximum atomic E-state index is 14.5. The molecule has 0 radical (unpaired) electrons. The molecule has 0 fully saturated rings. The first-order valence-corrected chi connectivity index (χ1v) is 15.8. The van der Waals surface area contributed by atoms with Gasteiger partial charge < -0.3 is 19.6 Å². The first-order chi connectivity index (χ1) is 21.5. The van der Waals surface area contributed by atoms with Crippen LogP contribution < -0.4 is 19.6 Å². The predicted molar refractivity (Wildman–Crippen MR) is 186 cm³/mol. The highest BCUT2D eigenvalue weighted by Gasteiger charge is 2.36. The molecular formula is C39H43F3N4. The fourth-order valence-corrected chi connectivity index (χ4v) is 6.30. The zero-order valence-electron chi connectivity index (χ0n) is 28.0. The SMILES string of the molecule is CC1=C(C)N(c2cc(N3CN(c4ccc(C(C)(C)C)cc4)c4ccccc43)cc(C(F)(F)F)c2)CN1c1ccc(C(C)(C)C)cc1. The van der Waals surface area contributed by atoms with E-state index < -0.39 is 11.7 Å². The molecule has 240 valence electrons. The van der Waals surface area contributed by atoms with Crippen LogP contribution in [-0.2, 0) is 17.0 Å². The molecule has 0 atom stereocenters. The lowest BCUT2D eigenvalue weighted by molar-refractivity contribution is -0.137. The minimum absolute atomic E-state index is 0.0217. The summed E-state index contributed by atoms with van der Waals surface area (Å²) in [7, 11) is 0. The molecule has 2 aliphatic rings. The molecule has 2 heterocycles. The van der Waals surface area contributed by atoms with Crippen molar-refractivity contribution >= 4 is 34.1 Å². The number of nitrogens with zero attached hydrogens (tertiary/aromatic N) is 4. The Morgan fingerprint density at radius 2 is 0.826 bits per heavy atom. The van der Waals surface area contributed by atoms with E-state index in [9.17, 15) is 13.2 Å². The molecule has 0 aromatic heterocycles. The van der Waals surface area contributed by atoms with Crippen LogP contribution in [0, 0.1) is 0 Å². The number of hydrogen-bond donors (Lipinski definition) is 0. The van der Waals surface area contributed by atoms with Crippen molar-refractivity contribution in [2.75, 3.05) is 32.9 Å². The molecule has 46 heavy (non-hydrogen) atoms. The van der Waals surface area contributed by atoms with Gasteiger partial charge in [0.05, 0.1) is 23.6 Å². The van der Waals surface area contributed by atoms with E-state index in [1.165, 1.54) is 23.3 Å². The van der Waals surface area contributed by atoms with E-state index >= 15 is 0 Å². The summed E-state index contributed by atoms with van der Waals surface area (Å²) in [6.45, 7) is 17.9. The summed E-state index contributed by atoms with van der Waals surface area (Å²) in [6, 6.07) is 29.3. The van der Waals surface area contributed by atoms with Crippen molar-refractivity contribution in [3.8, 4) is 0 Å². The Balaban J connectivity index is 1.37. The number of alkyl halides is 3. The van der Waals surface area contributed by atoms with Gasteiger partial charge in [-0.05, 0) is 90.4 Å². The molecule has 4 nitrogen and oxygen atoms in total. The summed E-state index contributed by atoms with van der Waals surface area (Å²) in [4.78, 5) is 8.29. The Kier molecular flexibility index (Phi) is 7.65. The summed E-state index contributed by atoms with van der Waals surface area (Å²) in [5.41, 5.74) is 8.66. The summed E-state index contributed by atoms with van der Waals surface area (Å²) in [5, 5.41) is 0. The molecule has 7 heteroatoms. The molecule has 4 aromatic rings. The van der Waals surface area contributed by atoms with Crippen molar-refractivity contribution in [2.24, 2.45) is 0 Å². The van der Waals surface area contributed by atoms with Gasteiger partial charge in [0, 0.05) is 34.1 Å². The zero-order valence-corrected chi connectivity index (χ0v) is 28.0. The van der Waals surface area contributed by atoms with E-state index in [4.69, 9.17) is 0 Å². The first kappa shape index (κ1) is 31.6. The van der Waals surface area contributed by atoms with E-state index in [1.807, 2.05) is 54.0 Å². The second kappa shape index (κ2) is 11.1. The lowest BCUT2D eigenvalue weighted by atomic mass is 9.87. The Labute approximate surface area is 271 Å². The largest absolute Gasteiger partial charge is 0.416 e. The lowest BCUT2D eigenvalue weighted by Crippen LogP contribution is -2.28. The van der Waals surface area contributed by atoms with Crippen LogP contribution in [0.5, 0.6) is 0 Å². The van der Waals surface area contributed by atoms with E-state index in [1.54, 1.807) is 0 Å². The first-order valence-electron chi connectivity index (χ1n) is 15.8. The van der Waals surface area contributed by atoms with Gasteiger partial charge in [0.15, 0.2) is 0 Å². The van der Waals surface area contributed by atoms with Gasteiger partial charge in [0.2, 0.25) is 0 Å². The third-order valence-corrected chi connectivity index (χ3v) is 9.31. The molecule has 2 aliphatic heterocycles. The van der Waals surface area contributed by atoms with Gasteiger partial charge in [-0.2, -0.15) is 13.2 Å². The molecule has 0 amide bonds. The van der Waals surface area contributed by atoms with Crippen LogP contribution in [0.4, 0.5) is 47.3 Å². The van der Waals surface area contributed by atoms with Crippen molar-refractivity contribution in [3.63, 3.8) is 0 Å². The number of fused-ring (bicyclic) bond motifs is 1. The Hall–Kier alpha value is -4.39. The highest BCUT2D eigenvalue weighted by atomic mass is 19.4. The van der Waals surface area contributed by atoms with Crippen LogP contribution in [-0.4, -0.2) is 13.3 Å². The Morgan fingerprint density at radius 3 is 1.26 bits per heavy atom. The smallest absolute Gasteiger partial charge is 0.325 e. The average Bonchev–Trinajstić information content (AvgIpc) is 3.53. The third kappa shape index (κ3) is 5.83. The molecule has 0 saturated heterocycles. The number of allylic oxidation sites excluding steroid dienone is 2. The molecule has 0 N–H and O–H groups in total. The number of anilines is 6. The predicted octanol–water partition coefficient (Wildman–Crippen LogP) is 11.1. The van der Waals surface area contributed by atoms with E-state index in [0.29, 0.717) is 24.7 Å². The number of hydrogen-bond acceptors (Lipinski definition) is 4. The summed E-state index contributed by atoms with van der Waals surface area (Å²) in [5.74, 6) is 0. The van der Waals surface area contributed by atoms with Crippen LogP contribution >= 0.6 is 0 Å². The third-order valence-electron chi connectivity index (χ3n) is 9.31. The van der Waals surface area contributed by atoms with Gasteiger partial charge in [0.1, 0.15) is 6.67 Å². The zero-order chi connectivity index (χ0) is 33.2. The number of benzene rings is 4. The fourth-order valence-electron chi connectivity index (χ4n) is 6.30. The second-order valence-corrected chi connectivity index (χ2v) is 14.5. The quantitative estimate of drug-likeness (QED) is 0.224. The van der Waals surface area contributed by atoms with Crippen LogP contribution in [0.25, 0.3) is 0 Å². The molecule has 0 bridgehead atoms. The number of rotatable bonds is 4. The fraction of sp³-hybridized carbons (Fsp3) is 0.333. The van der Waals surface area contributed by atoms with Gasteiger partial charge in [-0.15, -0.1) is 0 Å². The van der Waals surface area contributed by atoms with Crippen LogP contribution in [0.3, 0.4) is 0 Å². The number of halogens is 3. The van der Waals surface area contributed by atoms with E-state index in [2.05, 4.69) is 99.9 Å². The van der Waals surface area contributed by atoms with Crippen LogP contribution in [0.2, 0.25) is 0 Å². The minimum Gasteiger partial charge on any atom is -0.325 e. The monoisotopic (exact) mass is 624 g/mol. The summed E-state index contributed by atoms with van der Waals surface area (Å²) >= 11 is 0. The minimum atomic E-state index is -4.50. The van der Waals surface area contributed by atoms with Crippen LogP contribution in [0.15, 0.2) is 102 Å². The lowest BCUT2D eigenvalue weighted by Gasteiger charge is -2.28. The van der Waals surface area contributed by atoms with Gasteiger partial charge in [0.25, 0.3) is 0 Å². The maximum Gasteiger partial charge on any atom is 0.416 e. The molecule has 4 aromatic carbocycles. The van der Waals surface area contributed by atoms with Crippen molar-refractivity contribution in [2.45, 2.75) is 72.4 Å². The van der Waals surface area contributed by atoms with Gasteiger partial charge in [-0.1, -0.05) is 77.9 Å². The topological polar surface area (TPSA) is 13.0 Å². The van der Waals surface area contributed by atoms with Crippen LogP contribution in [0.1, 0.15) is 72.1 Å². The highest BCUT2D eigenvalue weighted by Crippen LogP contribution is 2.47. The van der Waals surface area contributed by atoms with E-state index in [0.717, 1.165) is 34.1 Å². The summed E-state index contributed by atoms with van der Waals surface area (Å²) in [6.07, 6.45) is -4.50. The van der Waals surface area contributed by atoms with Gasteiger partial charge in [-0.25, -0.2) is 0 Å². The van der Waals surface area contributed by atoms with E-state index in [-0.39, 0.29) is 10.8 Å². The molecule has 0 saturated carbocycles. The standard InChI is InChI=1S/C39H43F3N4/c1-26-27(2)44(24-43(26)31-17-13-28(14-18-31)37(3,4)5)33-21-30(39(40,41)42)22-34(23-33)46-25-45(35-11-9-10-12-36(35)46)32-19-15-29(16-20-32)38(6,7)8/h9-23H,24-25H2,1-8H3. The molecule has 6 rings (SSSR count). The normalized spacial score (nSPS) is 15.7. The molecule has 0 unspecified atom stereocenters.